The van der Waals surface area contributed by atoms with Crippen LogP contribution >= 0.6 is 0 Å². The number of carbonyl (C=O) groups is 1. The first-order chi connectivity index (χ1) is 11.2. The van der Waals surface area contributed by atoms with Gasteiger partial charge in [-0.1, -0.05) is 6.07 Å². The van der Waals surface area contributed by atoms with Crippen LogP contribution in [0.4, 0.5) is 11.6 Å². The number of hydrogen-bond donors (Lipinski definition) is 2. The summed E-state index contributed by atoms with van der Waals surface area (Å²) in [5, 5.41) is 12.0. The molecule has 0 aliphatic rings. The third kappa shape index (κ3) is 3.14. The van der Waals surface area contributed by atoms with E-state index in [9.17, 15) is 4.79 Å². The van der Waals surface area contributed by atoms with Crippen molar-refractivity contribution >= 4 is 28.6 Å². The lowest BCUT2D eigenvalue weighted by Crippen LogP contribution is -2.05. The molecule has 2 N–H and O–H groups in total. The van der Waals surface area contributed by atoms with E-state index in [0.29, 0.717) is 23.7 Å². The standard InChI is InChI=1S/C17H14N4O2/c1-2-23-16(22)12-4-3-5-13(9-12)19-17-20-14-7-6-11(10-18)8-15(14)21-17/h3-9H,2H2,1H3,(H2,19,20,21). The second-order valence-electron chi connectivity index (χ2n) is 4.86. The molecular weight excluding hydrogens is 292 g/mol. The van der Waals surface area contributed by atoms with E-state index in [1.165, 1.54) is 0 Å². The zero-order chi connectivity index (χ0) is 16.2. The van der Waals surface area contributed by atoms with Crippen molar-refractivity contribution in [3.8, 4) is 6.07 Å². The van der Waals surface area contributed by atoms with Crippen LogP contribution in [-0.2, 0) is 4.74 Å². The molecule has 0 aliphatic heterocycles. The number of hydrogen-bond acceptors (Lipinski definition) is 5. The van der Waals surface area contributed by atoms with Crippen molar-refractivity contribution in [1.82, 2.24) is 9.97 Å². The second-order valence-corrected chi connectivity index (χ2v) is 4.86. The van der Waals surface area contributed by atoms with Crippen LogP contribution < -0.4 is 5.32 Å². The van der Waals surface area contributed by atoms with Crippen LogP contribution in [0.15, 0.2) is 42.5 Å². The van der Waals surface area contributed by atoms with Gasteiger partial charge in [0, 0.05) is 5.69 Å². The molecule has 0 radical (unpaired) electrons. The molecule has 6 heteroatoms. The number of anilines is 2. The molecule has 0 saturated carbocycles. The van der Waals surface area contributed by atoms with Gasteiger partial charge >= 0.3 is 5.97 Å². The van der Waals surface area contributed by atoms with Crippen LogP contribution in [0.25, 0.3) is 11.0 Å². The van der Waals surface area contributed by atoms with Crippen LogP contribution in [0, 0.1) is 11.3 Å². The summed E-state index contributed by atoms with van der Waals surface area (Å²) in [5.41, 5.74) is 3.29. The lowest BCUT2D eigenvalue weighted by atomic mass is 10.2. The number of aromatic nitrogens is 2. The molecule has 0 aliphatic carbocycles. The summed E-state index contributed by atoms with van der Waals surface area (Å²) in [7, 11) is 0. The van der Waals surface area contributed by atoms with Gasteiger partial charge in [-0.15, -0.1) is 0 Å². The topological polar surface area (TPSA) is 90.8 Å². The van der Waals surface area contributed by atoms with Gasteiger partial charge < -0.3 is 15.0 Å². The number of nitrogens with one attached hydrogen (secondary N) is 2. The fraction of sp³-hybridized carbons (Fsp3) is 0.118. The molecule has 0 bridgehead atoms. The fourth-order valence-electron chi connectivity index (χ4n) is 2.21. The summed E-state index contributed by atoms with van der Waals surface area (Å²) in [6, 6.07) is 14.3. The summed E-state index contributed by atoms with van der Waals surface area (Å²) in [4.78, 5) is 19.3. The molecule has 0 atom stereocenters. The van der Waals surface area contributed by atoms with Crippen molar-refractivity contribution in [3.05, 3.63) is 53.6 Å². The molecule has 0 amide bonds. The lowest BCUT2D eigenvalue weighted by molar-refractivity contribution is 0.0526. The molecule has 114 valence electrons. The maximum Gasteiger partial charge on any atom is 0.338 e. The molecule has 0 fully saturated rings. The quantitative estimate of drug-likeness (QED) is 0.721. The number of H-pyrrole nitrogens is 1. The predicted octanol–water partition coefficient (Wildman–Crippen LogP) is 3.35. The van der Waals surface area contributed by atoms with Gasteiger partial charge in [-0.3, -0.25) is 0 Å². The smallest absolute Gasteiger partial charge is 0.338 e. The van der Waals surface area contributed by atoms with Crippen molar-refractivity contribution in [2.45, 2.75) is 6.92 Å². The van der Waals surface area contributed by atoms with E-state index in [0.717, 1.165) is 16.7 Å². The highest BCUT2D eigenvalue weighted by atomic mass is 16.5. The number of fused-ring (bicyclic) bond motifs is 1. The Morgan fingerprint density at radius 3 is 3.00 bits per heavy atom. The van der Waals surface area contributed by atoms with Gasteiger partial charge in [-0.2, -0.15) is 5.26 Å². The zero-order valence-corrected chi connectivity index (χ0v) is 12.5. The Morgan fingerprint density at radius 2 is 2.22 bits per heavy atom. The number of nitrogens with zero attached hydrogens (tertiary/aromatic N) is 2. The van der Waals surface area contributed by atoms with Gasteiger partial charge in [0.05, 0.1) is 34.8 Å². The number of rotatable bonds is 4. The number of benzene rings is 2. The minimum Gasteiger partial charge on any atom is -0.462 e. The number of aromatic amines is 1. The predicted molar refractivity (Wildman–Crippen MR) is 86.5 cm³/mol. The normalized spacial score (nSPS) is 10.3. The second kappa shape index (κ2) is 6.20. The first-order valence-electron chi connectivity index (χ1n) is 7.13. The zero-order valence-electron chi connectivity index (χ0n) is 12.5. The van der Waals surface area contributed by atoms with E-state index in [2.05, 4.69) is 21.4 Å². The first-order valence-corrected chi connectivity index (χ1v) is 7.13. The van der Waals surface area contributed by atoms with Crippen molar-refractivity contribution in [2.75, 3.05) is 11.9 Å². The van der Waals surface area contributed by atoms with E-state index in [4.69, 9.17) is 10.00 Å². The summed E-state index contributed by atoms with van der Waals surface area (Å²) in [6.07, 6.45) is 0. The van der Waals surface area contributed by atoms with Crippen molar-refractivity contribution in [3.63, 3.8) is 0 Å². The van der Waals surface area contributed by atoms with E-state index in [1.54, 1.807) is 43.3 Å². The molecule has 0 saturated heterocycles. The van der Waals surface area contributed by atoms with E-state index >= 15 is 0 Å². The van der Waals surface area contributed by atoms with Gasteiger partial charge in [-0.25, -0.2) is 9.78 Å². The average molecular weight is 306 g/mol. The van der Waals surface area contributed by atoms with Crippen LogP contribution in [0.3, 0.4) is 0 Å². The van der Waals surface area contributed by atoms with Crippen molar-refractivity contribution < 1.29 is 9.53 Å². The Morgan fingerprint density at radius 1 is 1.35 bits per heavy atom. The molecule has 3 rings (SSSR count). The highest BCUT2D eigenvalue weighted by Gasteiger charge is 2.08. The van der Waals surface area contributed by atoms with E-state index in [1.807, 2.05) is 6.07 Å². The van der Waals surface area contributed by atoms with Crippen LogP contribution in [-0.4, -0.2) is 22.5 Å². The number of imidazole rings is 1. The summed E-state index contributed by atoms with van der Waals surface area (Å²) < 4.78 is 4.99. The molecule has 0 spiro atoms. The van der Waals surface area contributed by atoms with Gasteiger partial charge in [0.25, 0.3) is 0 Å². The summed E-state index contributed by atoms with van der Waals surface area (Å²) >= 11 is 0. The Hall–Kier alpha value is -3.33. The molecule has 2 aromatic carbocycles. The summed E-state index contributed by atoms with van der Waals surface area (Å²) in [5.74, 6) is 0.176. The number of carbonyl (C=O) groups excluding carboxylic acids is 1. The van der Waals surface area contributed by atoms with Gasteiger partial charge in [0.1, 0.15) is 0 Å². The minimum atomic E-state index is -0.362. The third-order valence-corrected chi connectivity index (χ3v) is 3.25. The Kier molecular flexibility index (Phi) is 3.93. The fourth-order valence-corrected chi connectivity index (χ4v) is 2.21. The van der Waals surface area contributed by atoms with Crippen LogP contribution in [0.1, 0.15) is 22.8 Å². The molecule has 1 aromatic heterocycles. The molecule has 3 aromatic rings. The Balaban J connectivity index is 1.86. The monoisotopic (exact) mass is 306 g/mol. The molecule has 0 unspecified atom stereocenters. The minimum absolute atomic E-state index is 0.335. The highest BCUT2D eigenvalue weighted by molar-refractivity contribution is 5.90. The lowest BCUT2D eigenvalue weighted by Gasteiger charge is -2.05. The van der Waals surface area contributed by atoms with Gasteiger partial charge in [0.2, 0.25) is 5.95 Å². The first kappa shape index (κ1) is 14.6. The van der Waals surface area contributed by atoms with Gasteiger partial charge in [0.15, 0.2) is 0 Å². The maximum atomic E-state index is 11.8. The highest BCUT2D eigenvalue weighted by Crippen LogP contribution is 2.20. The average Bonchev–Trinajstić information content (AvgIpc) is 2.96. The summed E-state index contributed by atoms with van der Waals surface area (Å²) in [6.45, 7) is 2.10. The third-order valence-electron chi connectivity index (χ3n) is 3.25. The largest absolute Gasteiger partial charge is 0.462 e. The SMILES string of the molecule is CCOC(=O)c1cccc(Nc2nc3ccc(C#N)cc3[nH]2)c1. The molecule has 1 heterocycles. The number of nitriles is 1. The Bertz CT molecular complexity index is 908. The van der Waals surface area contributed by atoms with Crippen LogP contribution in [0.2, 0.25) is 0 Å². The van der Waals surface area contributed by atoms with Crippen molar-refractivity contribution in [1.29, 1.82) is 5.26 Å². The number of esters is 1. The maximum absolute atomic E-state index is 11.8. The molecule has 23 heavy (non-hydrogen) atoms. The number of ether oxygens (including phenoxy) is 1. The molecular formula is C17H14N4O2. The van der Waals surface area contributed by atoms with E-state index < -0.39 is 0 Å². The van der Waals surface area contributed by atoms with E-state index in [-0.39, 0.29) is 5.97 Å². The Labute approximate surface area is 132 Å². The van der Waals surface area contributed by atoms with Gasteiger partial charge in [-0.05, 0) is 43.3 Å². The molecule has 6 nitrogen and oxygen atoms in total. The van der Waals surface area contributed by atoms with Crippen LogP contribution in [0.5, 0.6) is 0 Å². The van der Waals surface area contributed by atoms with Crippen molar-refractivity contribution in [2.24, 2.45) is 0 Å².